The number of hydrogen-bond acceptors (Lipinski definition) is 5. The summed E-state index contributed by atoms with van der Waals surface area (Å²) in [7, 11) is 0. The molecular formula is C17H17F2N3O3. The fraction of sp³-hybridized carbons (Fsp3) is 0.294. The molecule has 1 fully saturated rings. The molecule has 8 heteroatoms. The van der Waals surface area contributed by atoms with Gasteiger partial charge in [0.25, 0.3) is 0 Å². The van der Waals surface area contributed by atoms with E-state index in [9.17, 15) is 18.9 Å². The van der Waals surface area contributed by atoms with Crippen LogP contribution in [0.15, 0.2) is 48.5 Å². The summed E-state index contributed by atoms with van der Waals surface area (Å²) in [5, 5.41) is 14.1. The summed E-state index contributed by atoms with van der Waals surface area (Å²) in [6.07, 6.45) is 0.872. The van der Waals surface area contributed by atoms with Gasteiger partial charge in [-0.3, -0.25) is 10.1 Å². The Bertz CT molecular complexity index is 743. The molecule has 3 rings (SSSR count). The minimum atomic E-state index is -3.12. The lowest BCUT2D eigenvalue weighted by Crippen LogP contribution is -2.25. The van der Waals surface area contributed by atoms with Crippen molar-refractivity contribution in [1.29, 1.82) is 0 Å². The van der Waals surface area contributed by atoms with Crippen LogP contribution in [0.4, 0.5) is 25.8 Å². The first-order chi connectivity index (χ1) is 12.0. The van der Waals surface area contributed by atoms with Crippen LogP contribution in [0, 0.1) is 10.1 Å². The van der Waals surface area contributed by atoms with Crippen LogP contribution in [0.25, 0.3) is 0 Å². The number of para-hydroxylation sites is 1. The highest BCUT2D eigenvalue weighted by Gasteiger charge is 2.24. The number of rotatable bonds is 6. The van der Waals surface area contributed by atoms with Gasteiger partial charge in [-0.25, -0.2) is 0 Å². The van der Waals surface area contributed by atoms with E-state index in [4.69, 9.17) is 0 Å². The molecule has 1 heterocycles. The van der Waals surface area contributed by atoms with Gasteiger partial charge in [-0.05, 0) is 24.6 Å². The first kappa shape index (κ1) is 16.9. The molecule has 0 bridgehead atoms. The number of nitrogens with zero attached hydrogens (tertiary/aromatic N) is 2. The Kier molecular flexibility index (Phi) is 4.97. The molecule has 0 saturated carbocycles. The number of nitrogens with one attached hydrogen (secondary N) is 1. The fourth-order valence-electron chi connectivity index (χ4n) is 2.93. The normalized spacial score (nSPS) is 16.9. The maximum atomic E-state index is 12.5. The minimum absolute atomic E-state index is 0.112. The lowest BCUT2D eigenvalue weighted by molar-refractivity contribution is -0.386. The quantitative estimate of drug-likeness (QED) is 0.633. The summed E-state index contributed by atoms with van der Waals surface area (Å²) in [6.45, 7) is -1.49. The van der Waals surface area contributed by atoms with Crippen LogP contribution < -0.4 is 15.0 Å². The van der Waals surface area contributed by atoms with Crippen LogP contribution in [0.3, 0.4) is 0 Å². The Balaban J connectivity index is 1.70. The molecule has 2 aromatic carbocycles. The van der Waals surface area contributed by atoms with E-state index in [-0.39, 0.29) is 6.04 Å². The third-order valence-corrected chi connectivity index (χ3v) is 4.05. The number of benzene rings is 2. The standard InChI is InChI=1S/C17H17F2N3O3/c18-17(19)25-16-10-12(6-7-15(16)22(23)24)20-13-8-9-21(11-13)14-4-2-1-3-5-14/h1-7,10,13,17,20H,8-9,11H2. The molecule has 6 nitrogen and oxygen atoms in total. The van der Waals surface area contributed by atoms with Crippen molar-refractivity contribution in [3.63, 3.8) is 0 Å². The van der Waals surface area contributed by atoms with Crippen molar-refractivity contribution in [2.45, 2.75) is 19.1 Å². The number of anilines is 2. The second-order valence-electron chi connectivity index (χ2n) is 5.73. The second kappa shape index (κ2) is 7.33. The molecule has 0 aromatic heterocycles. The third kappa shape index (κ3) is 4.14. The zero-order chi connectivity index (χ0) is 17.8. The summed E-state index contributed by atoms with van der Waals surface area (Å²) in [5.74, 6) is -0.442. The van der Waals surface area contributed by atoms with Crippen molar-refractivity contribution < 1.29 is 18.4 Å². The van der Waals surface area contributed by atoms with Crippen molar-refractivity contribution in [3.05, 3.63) is 58.6 Å². The fourth-order valence-corrected chi connectivity index (χ4v) is 2.93. The Labute approximate surface area is 143 Å². The van der Waals surface area contributed by atoms with E-state index in [0.29, 0.717) is 5.69 Å². The van der Waals surface area contributed by atoms with Crippen LogP contribution >= 0.6 is 0 Å². The first-order valence-corrected chi connectivity index (χ1v) is 7.82. The van der Waals surface area contributed by atoms with E-state index in [1.165, 1.54) is 18.2 Å². The van der Waals surface area contributed by atoms with Crippen LogP contribution in [-0.4, -0.2) is 30.7 Å². The molecule has 1 atom stereocenters. The summed E-state index contributed by atoms with van der Waals surface area (Å²) >= 11 is 0. The van der Waals surface area contributed by atoms with Crippen molar-refractivity contribution in [1.82, 2.24) is 0 Å². The van der Waals surface area contributed by atoms with Crippen molar-refractivity contribution in [2.75, 3.05) is 23.3 Å². The van der Waals surface area contributed by atoms with Gasteiger partial charge in [0, 0.05) is 42.6 Å². The average molecular weight is 349 g/mol. The van der Waals surface area contributed by atoms with Gasteiger partial charge in [0.2, 0.25) is 5.75 Å². The van der Waals surface area contributed by atoms with E-state index in [2.05, 4.69) is 15.0 Å². The van der Waals surface area contributed by atoms with Crippen LogP contribution in [0.1, 0.15) is 6.42 Å². The minimum Gasteiger partial charge on any atom is -0.427 e. The highest BCUT2D eigenvalue weighted by molar-refractivity contribution is 5.59. The Hall–Kier alpha value is -2.90. The maximum absolute atomic E-state index is 12.5. The predicted octanol–water partition coefficient (Wildman–Crippen LogP) is 3.89. The van der Waals surface area contributed by atoms with Crippen molar-refractivity contribution >= 4 is 17.1 Å². The summed E-state index contributed by atoms with van der Waals surface area (Å²) < 4.78 is 29.2. The topological polar surface area (TPSA) is 67.6 Å². The summed E-state index contributed by atoms with van der Waals surface area (Å²) in [4.78, 5) is 12.4. The predicted molar refractivity (Wildman–Crippen MR) is 90.4 cm³/mol. The summed E-state index contributed by atoms with van der Waals surface area (Å²) in [6, 6.07) is 14.0. The van der Waals surface area contributed by atoms with E-state index in [1.807, 2.05) is 30.3 Å². The van der Waals surface area contributed by atoms with Crippen molar-refractivity contribution in [2.24, 2.45) is 0 Å². The van der Waals surface area contributed by atoms with Gasteiger partial charge in [-0.1, -0.05) is 18.2 Å². The molecule has 0 aliphatic carbocycles. The van der Waals surface area contributed by atoms with Gasteiger partial charge < -0.3 is 15.0 Å². The van der Waals surface area contributed by atoms with E-state index < -0.39 is 23.0 Å². The molecule has 1 aliphatic heterocycles. The van der Waals surface area contributed by atoms with Gasteiger partial charge >= 0.3 is 12.3 Å². The van der Waals surface area contributed by atoms with Gasteiger partial charge in [0.1, 0.15) is 0 Å². The molecule has 1 aliphatic rings. The third-order valence-electron chi connectivity index (χ3n) is 4.05. The number of ether oxygens (including phenoxy) is 1. The van der Waals surface area contributed by atoms with Crippen molar-refractivity contribution in [3.8, 4) is 5.75 Å². The zero-order valence-electron chi connectivity index (χ0n) is 13.3. The Morgan fingerprint density at radius 3 is 2.68 bits per heavy atom. The monoisotopic (exact) mass is 349 g/mol. The SMILES string of the molecule is O=[N+]([O-])c1ccc(NC2CCN(c3ccccc3)C2)cc1OC(F)F. The molecule has 0 amide bonds. The zero-order valence-corrected chi connectivity index (χ0v) is 13.3. The largest absolute Gasteiger partial charge is 0.427 e. The van der Waals surface area contributed by atoms with Gasteiger partial charge in [0.05, 0.1) is 4.92 Å². The van der Waals surface area contributed by atoms with Gasteiger partial charge in [0.15, 0.2) is 0 Å². The van der Waals surface area contributed by atoms with Gasteiger partial charge in [-0.15, -0.1) is 0 Å². The first-order valence-electron chi connectivity index (χ1n) is 7.82. The van der Waals surface area contributed by atoms with Crippen LogP contribution in [0.2, 0.25) is 0 Å². The molecule has 132 valence electrons. The highest BCUT2D eigenvalue weighted by atomic mass is 19.3. The number of halogens is 2. The summed E-state index contributed by atoms with van der Waals surface area (Å²) in [5.41, 5.74) is 1.15. The Morgan fingerprint density at radius 2 is 2.00 bits per heavy atom. The van der Waals surface area contributed by atoms with Crippen LogP contribution in [-0.2, 0) is 0 Å². The molecule has 0 spiro atoms. The van der Waals surface area contributed by atoms with Crippen LogP contribution in [0.5, 0.6) is 5.75 Å². The molecule has 25 heavy (non-hydrogen) atoms. The molecule has 1 N–H and O–H groups in total. The molecule has 0 radical (unpaired) electrons. The van der Waals surface area contributed by atoms with E-state index in [1.54, 1.807) is 0 Å². The number of alkyl halides is 2. The lowest BCUT2D eigenvalue weighted by Gasteiger charge is -2.19. The van der Waals surface area contributed by atoms with Gasteiger partial charge in [-0.2, -0.15) is 8.78 Å². The lowest BCUT2D eigenvalue weighted by atomic mass is 10.2. The molecular weight excluding hydrogens is 332 g/mol. The number of nitro groups is 1. The molecule has 1 saturated heterocycles. The average Bonchev–Trinajstić information content (AvgIpc) is 3.03. The maximum Gasteiger partial charge on any atom is 0.387 e. The van der Waals surface area contributed by atoms with E-state index in [0.717, 1.165) is 25.2 Å². The number of nitro benzene ring substituents is 1. The Morgan fingerprint density at radius 1 is 1.24 bits per heavy atom. The number of hydrogen-bond donors (Lipinski definition) is 1. The second-order valence-corrected chi connectivity index (χ2v) is 5.73. The highest BCUT2D eigenvalue weighted by Crippen LogP contribution is 2.32. The molecule has 2 aromatic rings. The smallest absolute Gasteiger partial charge is 0.387 e. The van der Waals surface area contributed by atoms with E-state index >= 15 is 0 Å². The molecule has 1 unspecified atom stereocenters.